The summed E-state index contributed by atoms with van der Waals surface area (Å²) in [6.07, 6.45) is 1.90. The smallest absolute Gasteiger partial charge is 0.261 e. The molecule has 2 rings (SSSR count). The number of ether oxygens (including phenoxy) is 1. The Labute approximate surface area is 184 Å². The van der Waals surface area contributed by atoms with Gasteiger partial charge >= 0.3 is 0 Å². The zero-order valence-corrected chi connectivity index (χ0v) is 19.0. The van der Waals surface area contributed by atoms with Gasteiger partial charge in [-0.25, -0.2) is 0 Å². The third-order valence-electron chi connectivity index (χ3n) is 4.92. The fraction of sp³-hybridized carbons (Fsp3) is 0.417. The van der Waals surface area contributed by atoms with Crippen molar-refractivity contribution in [2.24, 2.45) is 0 Å². The van der Waals surface area contributed by atoms with Crippen LogP contribution in [-0.2, 0) is 16.1 Å². The van der Waals surface area contributed by atoms with Crippen molar-refractivity contribution < 1.29 is 14.3 Å². The lowest BCUT2D eigenvalue weighted by Crippen LogP contribution is -2.49. The van der Waals surface area contributed by atoms with E-state index in [1.165, 1.54) is 0 Å². The highest BCUT2D eigenvalue weighted by atomic mass is 35.5. The van der Waals surface area contributed by atoms with Crippen LogP contribution < -0.4 is 10.1 Å². The van der Waals surface area contributed by atoms with E-state index in [2.05, 4.69) is 12.2 Å². The Morgan fingerprint density at radius 3 is 2.60 bits per heavy atom. The van der Waals surface area contributed by atoms with Gasteiger partial charge in [-0.3, -0.25) is 9.59 Å². The maximum atomic E-state index is 13.0. The van der Waals surface area contributed by atoms with Crippen LogP contribution in [0.3, 0.4) is 0 Å². The van der Waals surface area contributed by atoms with Crippen molar-refractivity contribution in [3.63, 3.8) is 0 Å². The first-order valence-corrected chi connectivity index (χ1v) is 10.7. The molecule has 6 heteroatoms. The SMILES string of the molecule is CCCCNC(=O)C(C)N(Cc1cccc(C)c1)C(=O)COc1ccc(Cl)c(C)c1. The highest BCUT2D eigenvalue weighted by Gasteiger charge is 2.26. The quantitative estimate of drug-likeness (QED) is 0.557. The Bertz CT molecular complexity index is 869. The van der Waals surface area contributed by atoms with E-state index in [0.717, 1.165) is 29.5 Å². The minimum absolute atomic E-state index is 0.153. The van der Waals surface area contributed by atoms with Crippen molar-refractivity contribution in [3.05, 3.63) is 64.2 Å². The molecule has 1 unspecified atom stereocenters. The van der Waals surface area contributed by atoms with Crippen LogP contribution in [0.4, 0.5) is 0 Å². The molecule has 0 aliphatic heterocycles. The van der Waals surface area contributed by atoms with Crippen LogP contribution in [0.2, 0.25) is 5.02 Å². The summed E-state index contributed by atoms with van der Waals surface area (Å²) in [6.45, 7) is 8.49. The van der Waals surface area contributed by atoms with Gasteiger partial charge in [0.15, 0.2) is 6.61 Å². The Balaban J connectivity index is 2.12. The minimum atomic E-state index is -0.606. The van der Waals surface area contributed by atoms with Crippen molar-refractivity contribution in [1.82, 2.24) is 10.2 Å². The van der Waals surface area contributed by atoms with Gasteiger partial charge in [-0.2, -0.15) is 0 Å². The molecule has 1 atom stereocenters. The highest BCUT2D eigenvalue weighted by Crippen LogP contribution is 2.21. The second-order valence-corrected chi connectivity index (χ2v) is 7.94. The molecular formula is C24H31ClN2O3. The van der Waals surface area contributed by atoms with Crippen LogP contribution in [0.25, 0.3) is 0 Å². The number of unbranched alkanes of at least 4 members (excludes halogenated alkanes) is 1. The van der Waals surface area contributed by atoms with Gasteiger partial charge in [-0.05, 0) is 56.5 Å². The summed E-state index contributed by atoms with van der Waals surface area (Å²) in [7, 11) is 0. The van der Waals surface area contributed by atoms with Crippen molar-refractivity contribution >= 4 is 23.4 Å². The van der Waals surface area contributed by atoms with E-state index >= 15 is 0 Å². The number of carbonyl (C=O) groups excluding carboxylic acids is 2. The van der Waals surface area contributed by atoms with Crippen LogP contribution in [0.1, 0.15) is 43.4 Å². The van der Waals surface area contributed by atoms with Crippen LogP contribution in [0.15, 0.2) is 42.5 Å². The fourth-order valence-corrected chi connectivity index (χ4v) is 3.18. The normalized spacial score (nSPS) is 11.6. The van der Waals surface area contributed by atoms with Gasteiger partial charge in [0.25, 0.3) is 5.91 Å². The minimum Gasteiger partial charge on any atom is -0.484 e. The molecule has 0 saturated carbocycles. The summed E-state index contributed by atoms with van der Waals surface area (Å²) < 4.78 is 5.69. The molecule has 0 aliphatic rings. The summed E-state index contributed by atoms with van der Waals surface area (Å²) in [4.78, 5) is 27.2. The first-order valence-electron chi connectivity index (χ1n) is 10.3. The van der Waals surface area contributed by atoms with Gasteiger partial charge in [0, 0.05) is 18.1 Å². The number of halogens is 1. The molecule has 0 fully saturated rings. The lowest BCUT2D eigenvalue weighted by atomic mass is 10.1. The van der Waals surface area contributed by atoms with E-state index < -0.39 is 6.04 Å². The molecule has 0 aliphatic carbocycles. The number of hydrogen-bond acceptors (Lipinski definition) is 3. The van der Waals surface area contributed by atoms with Crippen molar-refractivity contribution in [2.75, 3.05) is 13.2 Å². The molecule has 2 aromatic rings. The van der Waals surface area contributed by atoms with E-state index in [4.69, 9.17) is 16.3 Å². The number of benzene rings is 2. The molecule has 0 heterocycles. The molecule has 0 saturated heterocycles. The molecule has 2 amide bonds. The number of rotatable bonds is 10. The van der Waals surface area contributed by atoms with Crippen LogP contribution >= 0.6 is 11.6 Å². The van der Waals surface area contributed by atoms with Crippen molar-refractivity contribution in [2.45, 2.75) is 53.1 Å². The predicted molar refractivity (Wildman–Crippen MR) is 121 cm³/mol. The molecule has 1 N–H and O–H groups in total. The Morgan fingerprint density at radius 2 is 1.93 bits per heavy atom. The molecule has 162 valence electrons. The number of nitrogens with zero attached hydrogens (tertiary/aromatic N) is 1. The van der Waals surface area contributed by atoms with Gasteiger partial charge < -0.3 is 15.0 Å². The van der Waals surface area contributed by atoms with E-state index in [1.54, 1.807) is 30.0 Å². The number of amides is 2. The Morgan fingerprint density at radius 1 is 1.17 bits per heavy atom. The number of hydrogen-bond donors (Lipinski definition) is 1. The van der Waals surface area contributed by atoms with Gasteiger partial charge in [0.05, 0.1) is 0 Å². The lowest BCUT2D eigenvalue weighted by Gasteiger charge is -2.29. The second-order valence-electron chi connectivity index (χ2n) is 7.53. The number of nitrogens with one attached hydrogen (secondary N) is 1. The summed E-state index contributed by atoms with van der Waals surface area (Å²) in [5, 5.41) is 3.56. The molecule has 30 heavy (non-hydrogen) atoms. The topological polar surface area (TPSA) is 58.6 Å². The third-order valence-corrected chi connectivity index (χ3v) is 5.35. The van der Waals surface area contributed by atoms with E-state index in [-0.39, 0.29) is 18.4 Å². The van der Waals surface area contributed by atoms with Crippen molar-refractivity contribution in [3.8, 4) is 5.75 Å². The van der Waals surface area contributed by atoms with Gasteiger partial charge in [-0.1, -0.05) is 54.8 Å². The predicted octanol–water partition coefficient (Wildman–Crippen LogP) is 4.67. The first-order chi connectivity index (χ1) is 14.3. The van der Waals surface area contributed by atoms with Crippen LogP contribution in [0, 0.1) is 13.8 Å². The Kier molecular flexibility index (Phi) is 9.18. The maximum absolute atomic E-state index is 13.0. The third kappa shape index (κ3) is 7.06. The zero-order valence-electron chi connectivity index (χ0n) is 18.2. The van der Waals surface area contributed by atoms with E-state index in [1.807, 2.05) is 38.1 Å². The molecule has 5 nitrogen and oxygen atoms in total. The zero-order chi connectivity index (χ0) is 22.1. The van der Waals surface area contributed by atoms with E-state index in [0.29, 0.717) is 23.9 Å². The summed E-state index contributed by atoms with van der Waals surface area (Å²) in [5.74, 6) is 0.162. The van der Waals surface area contributed by atoms with E-state index in [9.17, 15) is 9.59 Å². The Hall–Kier alpha value is -2.53. The average Bonchev–Trinajstić information content (AvgIpc) is 2.72. The second kappa shape index (κ2) is 11.6. The van der Waals surface area contributed by atoms with Crippen LogP contribution in [-0.4, -0.2) is 35.9 Å². The standard InChI is InChI=1S/C24H31ClN2O3/c1-5-6-12-26-24(29)19(4)27(15-20-9-7-8-17(2)13-20)23(28)16-30-21-10-11-22(25)18(3)14-21/h7-11,13-14,19H,5-6,12,15-16H2,1-4H3,(H,26,29). The monoisotopic (exact) mass is 430 g/mol. The molecule has 0 aromatic heterocycles. The summed E-state index contributed by atoms with van der Waals surface area (Å²) >= 11 is 6.05. The lowest BCUT2D eigenvalue weighted by molar-refractivity contribution is -0.142. The largest absolute Gasteiger partial charge is 0.484 e. The number of carbonyl (C=O) groups is 2. The van der Waals surface area contributed by atoms with Gasteiger partial charge in [0.1, 0.15) is 11.8 Å². The van der Waals surface area contributed by atoms with Gasteiger partial charge in [0.2, 0.25) is 5.91 Å². The molecular weight excluding hydrogens is 400 g/mol. The average molecular weight is 431 g/mol. The highest BCUT2D eigenvalue weighted by molar-refractivity contribution is 6.31. The van der Waals surface area contributed by atoms with Gasteiger partial charge in [-0.15, -0.1) is 0 Å². The fourth-order valence-electron chi connectivity index (χ4n) is 3.06. The summed E-state index contributed by atoms with van der Waals surface area (Å²) in [5.41, 5.74) is 2.95. The molecule has 2 aromatic carbocycles. The summed E-state index contributed by atoms with van der Waals surface area (Å²) in [6, 6.07) is 12.6. The molecule has 0 radical (unpaired) electrons. The molecule has 0 bridgehead atoms. The van der Waals surface area contributed by atoms with Crippen LogP contribution in [0.5, 0.6) is 5.75 Å². The van der Waals surface area contributed by atoms with Crippen molar-refractivity contribution in [1.29, 1.82) is 0 Å². The maximum Gasteiger partial charge on any atom is 0.261 e. The molecule has 0 spiro atoms. The number of aryl methyl sites for hydroxylation is 2. The first kappa shape index (κ1) is 23.7.